The highest BCUT2D eigenvalue weighted by molar-refractivity contribution is 5.80. The van der Waals surface area contributed by atoms with Crippen LogP contribution in [0.5, 0.6) is 0 Å². The van der Waals surface area contributed by atoms with Gasteiger partial charge in [-0.1, -0.05) is 43.3 Å². The van der Waals surface area contributed by atoms with Gasteiger partial charge in [-0.3, -0.25) is 0 Å². The molecule has 0 aromatic heterocycles. The summed E-state index contributed by atoms with van der Waals surface area (Å²) in [6.07, 6.45) is 0.982. The number of hydrogen-bond donors (Lipinski definition) is 2. The molecule has 4 heteroatoms. The van der Waals surface area contributed by atoms with E-state index in [1.54, 1.807) is 6.07 Å². The van der Waals surface area contributed by atoms with Gasteiger partial charge in [0.15, 0.2) is 5.96 Å². The fraction of sp³-hybridized carbons (Fsp3) is 0.316. The van der Waals surface area contributed by atoms with Gasteiger partial charge in [0.05, 0.1) is 12.1 Å². The van der Waals surface area contributed by atoms with Crippen molar-refractivity contribution in [1.82, 2.24) is 5.32 Å². The number of nitrogens with two attached hydrogens (primary N) is 1. The van der Waals surface area contributed by atoms with Crippen LogP contribution < -0.4 is 11.1 Å². The highest BCUT2D eigenvalue weighted by Gasteiger charge is 2.44. The molecule has 0 radical (unpaired) electrons. The third-order valence-corrected chi connectivity index (χ3v) is 5.22. The van der Waals surface area contributed by atoms with E-state index in [1.807, 2.05) is 42.5 Å². The Hall–Kier alpha value is -2.36. The van der Waals surface area contributed by atoms with E-state index in [4.69, 9.17) is 5.73 Å². The highest BCUT2D eigenvalue weighted by Crippen LogP contribution is 2.43. The lowest BCUT2D eigenvalue weighted by molar-refractivity contribution is 0.475. The molecule has 3 N–H and O–H groups in total. The molecule has 2 aromatic rings. The zero-order valence-electron chi connectivity index (χ0n) is 13.0. The van der Waals surface area contributed by atoms with Gasteiger partial charge in [-0.2, -0.15) is 0 Å². The summed E-state index contributed by atoms with van der Waals surface area (Å²) >= 11 is 0. The van der Waals surface area contributed by atoms with Crippen LogP contribution in [0.3, 0.4) is 0 Å². The summed E-state index contributed by atoms with van der Waals surface area (Å²) in [4.78, 5) is 4.51. The Bertz CT molecular complexity index is 756. The molecule has 1 fully saturated rings. The maximum atomic E-state index is 14.3. The van der Waals surface area contributed by atoms with Gasteiger partial charge in [-0.05, 0) is 41.5 Å². The Morgan fingerprint density at radius 2 is 1.96 bits per heavy atom. The second-order valence-corrected chi connectivity index (χ2v) is 6.56. The number of hydrogen-bond acceptors (Lipinski definition) is 3. The predicted molar refractivity (Wildman–Crippen MR) is 90.7 cm³/mol. The summed E-state index contributed by atoms with van der Waals surface area (Å²) in [6.45, 7) is 2.21. The summed E-state index contributed by atoms with van der Waals surface area (Å²) in [6, 6.07) is 15.7. The Balaban J connectivity index is 1.69. The first-order valence-corrected chi connectivity index (χ1v) is 8.08. The normalized spacial score (nSPS) is 29.0. The van der Waals surface area contributed by atoms with E-state index in [-0.39, 0.29) is 11.9 Å². The van der Waals surface area contributed by atoms with Gasteiger partial charge in [-0.15, -0.1) is 0 Å². The molecule has 118 valence electrons. The molecule has 2 aromatic carbocycles. The molecular weight excluding hydrogens is 289 g/mol. The molecule has 1 heterocycles. The summed E-state index contributed by atoms with van der Waals surface area (Å²) in [5.74, 6) is 1.14. The fourth-order valence-corrected chi connectivity index (χ4v) is 4.02. The average Bonchev–Trinajstić information content (AvgIpc) is 3.07. The smallest absolute Gasteiger partial charge is 0.189 e. The Morgan fingerprint density at radius 3 is 2.70 bits per heavy atom. The van der Waals surface area contributed by atoms with E-state index in [0.29, 0.717) is 29.4 Å². The van der Waals surface area contributed by atoms with Gasteiger partial charge in [-0.25, -0.2) is 9.38 Å². The molecule has 1 saturated carbocycles. The number of benzene rings is 2. The first-order chi connectivity index (χ1) is 11.1. The number of rotatable bonds is 2. The predicted octanol–water partition coefficient (Wildman–Crippen LogP) is 3.27. The Kier molecular flexibility index (Phi) is 3.33. The molecule has 0 bridgehead atoms. The van der Waals surface area contributed by atoms with Crippen LogP contribution in [-0.4, -0.2) is 18.0 Å². The van der Waals surface area contributed by atoms with Gasteiger partial charge in [0, 0.05) is 5.56 Å². The zero-order valence-corrected chi connectivity index (χ0v) is 13.0. The molecule has 0 amide bonds. The maximum absolute atomic E-state index is 14.3. The minimum atomic E-state index is -0.175. The summed E-state index contributed by atoms with van der Waals surface area (Å²) in [5.41, 5.74) is 8.55. The molecule has 4 atom stereocenters. The minimum Gasteiger partial charge on any atom is -0.370 e. The number of aliphatic imine (C=N–C) groups is 1. The van der Waals surface area contributed by atoms with Crippen molar-refractivity contribution in [3.05, 3.63) is 59.9 Å². The maximum Gasteiger partial charge on any atom is 0.189 e. The van der Waals surface area contributed by atoms with Crippen LogP contribution in [0.25, 0.3) is 11.1 Å². The van der Waals surface area contributed by atoms with E-state index < -0.39 is 0 Å². The van der Waals surface area contributed by atoms with Gasteiger partial charge >= 0.3 is 0 Å². The van der Waals surface area contributed by atoms with Crippen molar-refractivity contribution in [3.63, 3.8) is 0 Å². The zero-order chi connectivity index (χ0) is 16.0. The molecule has 0 saturated heterocycles. The third kappa shape index (κ3) is 2.38. The molecule has 1 aliphatic heterocycles. The van der Waals surface area contributed by atoms with E-state index in [1.165, 1.54) is 5.56 Å². The monoisotopic (exact) mass is 309 g/mol. The van der Waals surface area contributed by atoms with Crippen molar-refractivity contribution < 1.29 is 4.39 Å². The van der Waals surface area contributed by atoms with Gasteiger partial charge in [0.2, 0.25) is 0 Å². The largest absolute Gasteiger partial charge is 0.370 e. The van der Waals surface area contributed by atoms with Crippen molar-refractivity contribution in [2.45, 2.75) is 31.3 Å². The van der Waals surface area contributed by atoms with Crippen molar-refractivity contribution >= 4 is 5.96 Å². The Morgan fingerprint density at radius 1 is 1.17 bits per heavy atom. The van der Waals surface area contributed by atoms with Crippen LogP contribution in [0, 0.1) is 11.7 Å². The minimum absolute atomic E-state index is 0.175. The van der Waals surface area contributed by atoms with Gasteiger partial charge in [0.25, 0.3) is 0 Å². The number of guanidine groups is 1. The number of halogens is 1. The fourth-order valence-electron chi connectivity index (χ4n) is 4.02. The van der Waals surface area contributed by atoms with Crippen LogP contribution in [0.4, 0.5) is 4.39 Å². The molecule has 1 aliphatic carbocycles. The molecule has 3 nitrogen and oxygen atoms in total. The van der Waals surface area contributed by atoms with E-state index >= 15 is 0 Å². The highest BCUT2D eigenvalue weighted by atomic mass is 19.1. The first kappa shape index (κ1) is 14.2. The van der Waals surface area contributed by atoms with Crippen LogP contribution in [-0.2, 0) is 0 Å². The van der Waals surface area contributed by atoms with Crippen LogP contribution in [0.15, 0.2) is 53.5 Å². The molecule has 23 heavy (non-hydrogen) atoms. The van der Waals surface area contributed by atoms with Crippen LogP contribution >= 0.6 is 0 Å². The molecule has 2 aliphatic rings. The topological polar surface area (TPSA) is 50.4 Å². The Labute approximate surface area is 135 Å². The molecule has 0 spiro atoms. The number of fused-ring (bicyclic) bond motifs is 1. The lowest BCUT2D eigenvalue weighted by Crippen LogP contribution is -2.35. The molecular formula is C19H20FN3. The van der Waals surface area contributed by atoms with Crippen LogP contribution in [0.1, 0.15) is 24.8 Å². The van der Waals surface area contributed by atoms with Crippen molar-refractivity contribution in [1.29, 1.82) is 0 Å². The average molecular weight is 309 g/mol. The third-order valence-electron chi connectivity index (χ3n) is 5.22. The van der Waals surface area contributed by atoms with Crippen molar-refractivity contribution in [3.8, 4) is 11.1 Å². The standard InChI is InChI=1S/C19H20FN3/c1-11-14(10-17-18(11)23-19(21)22-17)13-7-8-16(20)15(9-13)12-5-3-2-4-6-12/h2-9,11,14,17-18H,10H2,1H3,(H3,21,22,23)/t11-,14-,17?,18?/m0/s1. The van der Waals surface area contributed by atoms with E-state index in [2.05, 4.69) is 17.2 Å². The summed E-state index contributed by atoms with van der Waals surface area (Å²) in [5, 5.41) is 3.26. The summed E-state index contributed by atoms with van der Waals surface area (Å²) in [7, 11) is 0. The first-order valence-electron chi connectivity index (χ1n) is 8.08. The number of nitrogens with zero attached hydrogens (tertiary/aromatic N) is 1. The van der Waals surface area contributed by atoms with Crippen molar-refractivity contribution in [2.24, 2.45) is 16.6 Å². The lowest BCUT2D eigenvalue weighted by Gasteiger charge is -2.19. The van der Waals surface area contributed by atoms with Gasteiger partial charge < -0.3 is 11.1 Å². The number of nitrogens with one attached hydrogen (secondary N) is 1. The molecule has 4 rings (SSSR count). The SMILES string of the molecule is C[C@@H]1C2N=C(N)NC2C[C@@H]1c1ccc(F)c(-c2ccccc2)c1. The van der Waals surface area contributed by atoms with Crippen molar-refractivity contribution in [2.75, 3.05) is 0 Å². The summed E-state index contributed by atoms with van der Waals surface area (Å²) < 4.78 is 14.3. The van der Waals surface area contributed by atoms with E-state index in [9.17, 15) is 4.39 Å². The van der Waals surface area contributed by atoms with Gasteiger partial charge in [0.1, 0.15) is 5.82 Å². The second kappa shape index (κ2) is 5.37. The quantitative estimate of drug-likeness (QED) is 0.894. The molecule has 2 unspecified atom stereocenters. The van der Waals surface area contributed by atoms with E-state index in [0.717, 1.165) is 12.0 Å². The lowest BCUT2D eigenvalue weighted by atomic mass is 9.87. The van der Waals surface area contributed by atoms with Crippen LogP contribution in [0.2, 0.25) is 0 Å². The second-order valence-electron chi connectivity index (χ2n) is 6.56.